The molecular weight excluding hydrogens is 352 g/mol. The van der Waals surface area contributed by atoms with Gasteiger partial charge in [-0.25, -0.2) is 4.98 Å². The number of para-hydroxylation sites is 1. The molecule has 1 amide bonds. The Balaban J connectivity index is 1.52. The lowest BCUT2D eigenvalue weighted by atomic mass is 10.2. The minimum Gasteiger partial charge on any atom is -0.455 e. The summed E-state index contributed by atoms with van der Waals surface area (Å²) in [5, 5.41) is 2.92. The lowest BCUT2D eigenvalue weighted by Gasteiger charge is -2.12. The Labute approximate surface area is 162 Å². The van der Waals surface area contributed by atoms with Crippen molar-refractivity contribution >= 4 is 11.6 Å². The van der Waals surface area contributed by atoms with Gasteiger partial charge in [0.25, 0.3) is 5.91 Å². The van der Waals surface area contributed by atoms with Crippen LogP contribution in [-0.4, -0.2) is 20.4 Å². The van der Waals surface area contributed by atoms with E-state index in [4.69, 9.17) is 4.74 Å². The molecule has 6 nitrogen and oxygen atoms in total. The molecule has 138 valence electrons. The van der Waals surface area contributed by atoms with Crippen LogP contribution in [0.4, 0.5) is 5.69 Å². The number of carbonyl (C=O) groups excluding carboxylic acids is 1. The lowest BCUT2D eigenvalue weighted by Crippen LogP contribution is -2.16. The normalized spacial score (nSPS) is 10.5. The molecule has 0 saturated carbocycles. The number of hydrogen-bond donors (Lipinski definition) is 1. The van der Waals surface area contributed by atoms with E-state index in [1.165, 1.54) is 0 Å². The zero-order valence-electron chi connectivity index (χ0n) is 15.2. The molecule has 0 aliphatic rings. The zero-order valence-corrected chi connectivity index (χ0v) is 15.2. The van der Waals surface area contributed by atoms with Gasteiger partial charge in [0.2, 0.25) is 0 Å². The highest BCUT2D eigenvalue weighted by Gasteiger charge is 2.14. The first-order chi connectivity index (χ1) is 13.7. The average Bonchev–Trinajstić information content (AvgIpc) is 3.22. The molecule has 0 spiro atoms. The van der Waals surface area contributed by atoms with Crippen LogP contribution in [0.2, 0.25) is 0 Å². The van der Waals surface area contributed by atoms with Crippen molar-refractivity contribution in [2.75, 3.05) is 5.32 Å². The van der Waals surface area contributed by atoms with Gasteiger partial charge in [-0.05, 0) is 55.0 Å². The number of aryl methyl sites for hydroxylation is 1. The molecule has 1 N–H and O–H groups in total. The van der Waals surface area contributed by atoms with Crippen LogP contribution in [0.15, 0.2) is 85.6 Å². The van der Waals surface area contributed by atoms with Gasteiger partial charge in [-0.1, -0.05) is 18.2 Å². The van der Waals surface area contributed by atoms with E-state index in [2.05, 4.69) is 15.3 Å². The molecule has 28 heavy (non-hydrogen) atoms. The van der Waals surface area contributed by atoms with E-state index in [1.54, 1.807) is 35.6 Å². The Kier molecular flexibility index (Phi) is 4.84. The van der Waals surface area contributed by atoms with Gasteiger partial charge in [0.1, 0.15) is 17.2 Å². The van der Waals surface area contributed by atoms with Gasteiger partial charge in [0.05, 0.1) is 18.7 Å². The first-order valence-electron chi connectivity index (χ1n) is 8.78. The Bertz CT molecular complexity index is 1090. The molecule has 4 rings (SSSR count). The third-order valence-corrected chi connectivity index (χ3v) is 4.20. The predicted octanol–water partition coefficient (Wildman–Crippen LogP) is 4.62. The first kappa shape index (κ1) is 17.5. The van der Waals surface area contributed by atoms with Crippen LogP contribution in [-0.2, 0) is 0 Å². The summed E-state index contributed by atoms with van der Waals surface area (Å²) in [4.78, 5) is 20.9. The predicted molar refractivity (Wildman–Crippen MR) is 107 cm³/mol. The largest absolute Gasteiger partial charge is 0.455 e. The van der Waals surface area contributed by atoms with E-state index < -0.39 is 0 Å². The van der Waals surface area contributed by atoms with Crippen molar-refractivity contribution in [2.45, 2.75) is 6.92 Å². The topological polar surface area (TPSA) is 69.0 Å². The maximum atomic E-state index is 12.7. The highest BCUT2D eigenvalue weighted by Crippen LogP contribution is 2.27. The van der Waals surface area contributed by atoms with Crippen LogP contribution in [0.5, 0.6) is 11.5 Å². The van der Waals surface area contributed by atoms with Crippen LogP contribution in [0, 0.1) is 6.92 Å². The lowest BCUT2D eigenvalue weighted by molar-refractivity contribution is 0.102. The molecule has 0 unspecified atom stereocenters. The number of hydrogen-bond acceptors (Lipinski definition) is 4. The van der Waals surface area contributed by atoms with Crippen molar-refractivity contribution < 1.29 is 9.53 Å². The second-order valence-electron chi connectivity index (χ2n) is 6.21. The van der Waals surface area contributed by atoms with E-state index in [9.17, 15) is 4.79 Å². The second kappa shape index (κ2) is 7.75. The Morgan fingerprint density at radius 1 is 1.00 bits per heavy atom. The fourth-order valence-corrected chi connectivity index (χ4v) is 2.83. The molecular formula is C22H18N4O2. The van der Waals surface area contributed by atoms with Crippen molar-refractivity contribution in [3.05, 3.63) is 96.8 Å². The molecule has 0 aliphatic carbocycles. The van der Waals surface area contributed by atoms with Crippen molar-refractivity contribution in [3.63, 3.8) is 0 Å². The van der Waals surface area contributed by atoms with E-state index in [0.717, 1.165) is 11.3 Å². The highest BCUT2D eigenvalue weighted by molar-refractivity contribution is 6.03. The standard InChI is InChI=1S/C22H18N4O2/c1-16-12-17(9-10-21(16)28-19-8-5-11-23-13-19)25-22(27)20-14-24-15-26(20)18-6-3-2-4-7-18/h2-15H,1H3,(H,25,27). The maximum Gasteiger partial charge on any atom is 0.274 e. The summed E-state index contributed by atoms with van der Waals surface area (Å²) < 4.78 is 7.58. The first-order valence-corrected chi connectivity index (χ1v) is 8.78. The third-order valence-electron chi connectivity index (χ3n) is 4.20. The van der Waals surface area contributed by atoms with E-state index in [0.29, 0.717) is 22.9 Å². The van der Waals surface area contributed by atoms with Crippen LogP contribution in [0.3, 0.4) is 0 Å². The molecule has 2 aromatic carbocycles. The third kappa shape index (κ3) is 3.76. The summed E-state index contributed by atoms with van der Waals surface area (Å²) in [6.07, 6.45) is 6.52. The Hall–Kier alpha value is -3.93. The fraction of sp³-hybridized carbons (Fsp3) is 0.0455. The fourth-order valence-electron chi connectivity index (χ4n) is 2.83. The van der Waals surface area contributed by atoms with Crippen molar-refractivity contribution in [1.29, 1.82) is 0 Å². The molecule has 0 aliphatic heterocycles. The molecule has 4 aromatic rings. The summed E-state index contributed by atoms with van der Waals surface area (Å²) in [7, 11) is 0. The van der Waals surface area contributed by atoms with Gasteiger partial charge in [0, 0.05) is 17.6 Å². The summed E-state index contributed by atoms with van der Waals surface area (Å²) in [5.74, 6) is 1.14. The molecule has 0 saturated heterocycles. The van der Waals surface area contributed by atoms with E-state index in [1.807, 2.05) is 61.5 Å². The number of benzene rings is 2. The minimum atomic E-state index is -0.235. The van der Waals surface area contributed by atoms with Crippen molar-refractivity contribution in [2.24, 2.45) is 0 Å². The second-order valence-corrected chi connectivity index (χ2v) is 6.21. The molecule has 0 bridgehead atoms. The van der Waals surface area contributed by atoms with Gasteiger partial charge >= 0.3 is 0 Å². The summed E-state index contributed by atoms with van der Waals surface area (Å²) in [5.41, 5.74) is 2.92. The highest BCUT2D eigenvalue weighted by atomic mass is 16.5. The number of rotatable bonds is 5. The number of ether oxygens (including phenoxy) is 1. The van der Waals surface area contributed by atoms with Crippen LogP contribution in [0.1, 0.15) is 16.1 Å². The maximum absolute atomic E-state index is 12.7. The Morgan fingerprint density at radius 2 is 1.86 bits per heavy atom. The van der Waals surface area contributed by atoms with Crippen LogP contribution >= 0.6 is 0 Å². The molecule has 2 heterocycles. The van der Waals surface area contributed by atoms with E-state index in [-0.39, 0.29) is 5.91 Å². The van der Waals surface area contributed by atoms with Gasteiger partial charge in [0.15, 0.2) is 0 Å². The Morgan fingerprint density at radius 3 is 2.61 bits per heavy atom. The van der Waals surface area contributed by atoms with Gasteiger partial charge in [-0.2, -0.15) is 0 Å². The number of imidazole rings is 1. The zero-order chi connectivity index (χ0) is 19.3. The van der Waals surface area contributed by atoms with Gasteiger partial charge in [-0.3, -0.25) is 14.3 Å². The summed E-state index contributed by atoms with van der Waals surface area (Å²) >= 11 is 0. The SMILES string of the molecule is Cc1cc(NC(=O)c2cncn2-c2ccccc2)ccc1Oc1cccnc1. The quantitative estimate of drug-likeness (QED) is 0.556. The monoisotopic (exact) mass is 370 g/mol. The molecule has 2 aromatic heterocycles. The number of pyridine rings is 1. The van der Waals surface area contributed by atoms with Crippen LogP contribution < -0.4 is 10.1 Å². The number of carbonyl (C=O) groups is 1. The number of anilines is 1. The number of amides is 1. The average molecular weight is 370 g/mol. The molecule has 0 atom stereocenters. The number of nitrogens with one attached hydrogen (secondary N) is 1. The number of aromatic nitrogens is 3. The van der Waals surface area contributed by atoms with Crippen LogP contribution in [0.25, 0.3) is 5.69 Å². The van der Waals surface area contributed by atoms with Crippen molar-refractivity contribution in [3.8, 4) is 17.2 Å². The molecule has 0 fully saturated rings. The molecule has 6 heteroatoms. The number of nitrogens with zero attached hydrogens (tertiary/aromatic N) is 3. The summed E-state index contributed by atoms with van der Waals surface area (Å²) in [6.45, 7) is 1.93. The minimum absolute atomic E-state index is 0.235. The molecule has 0 radical (unpaired) electrons. The summed E-state index contributed by atoms with van der Waals surface area (Å²) in [6, 6.07) is 18.8. The van der Waals surface area contributed by atoms with Gasteiger partial charge < -0.3 is 10.1 Å². The smallest absolute Gasteiger partial charge is 0.274 e. The van der Waals surface area contributed by atoms with E-state index >= 15 is 0 Å². The van der Waals surface area contributed by atoms with Crippen molar-refractivity contribution in [1.82, 2.24) is 14.5 Å². The van der Waals surface area contributed by atoms with Gasteiger partial charge in [-0.15, -0.1) is 0 Å².